The maximum Gasteiger partial charge on any atom is 0.321 e. The van der Waals surface area contributed by atoms with Gasteiger partial charge in [-0.3, -0.25) is 9.59 Å². The van der Waals surface area contributed by atoms with E-state index in [-0.39, 0.29) is 18.7 Å². The average molecular weight is 445 g/mol. The Morgan fingerprint density at radius 2 is 1.61 bits per heavy atom. The Labute approximate surface area is 187 Å². The van der Waals surface area contributed by atoms with Crippen LogP contribution in [0.3, 0.4) is 0 Å². The van der Waals surface area contributed by atoms with Gasteiger partial charge in [0.1, 0.15) is 29.3 Å². The van der Waals surface area contributed by atoms with Gasteiger partial charge in [0.05, 0.1) is 11.4 Å². The van der Waals surface area contributed by atoms with Gasteiger partial charge in [-0.1, -0.05) is 18.2 Å². The van der Waals surface area contributed by atoms with Crippen LogP contribution in [0.5, 0.6) is 11.5 Å². The van der Waals surface area contributed by atoms with Gasteiger partial charge in [0.2, 0.25) is 0 Å². The first-order valence-corrected chi connectivity index (χ1v) is 10.2. The summed E-state index contributed by atoms with van der Waals surface area (Å²) in [5.74, 6) is -1.13. The van der Waals surface area contributed by atoms with Crippen LogP contribution in [0, 0.1) is 5.41 Å². The van der Waals surface area contributed by atoms with E-state index in [1.54, 1.807) is 16.8 Å². The van der Waals surface area contributed by atoms with Crippen molar-refractivity contribution in [3.8, 4) is 22.8 Å². The molecule has 5 rings (SSSR count). The highest BCUT2D eigenvalue weighted by molar-refractivity contribution is 6.00. The summed E-state index contributed by atoms with van der Waals surface area (Å²) in [6, 6.07) is 16.2. The predicted molar refractivity (Wildman–Crippen MR) is 118 cm³/mol. The van der Waals surface area contributed by atoms with Gasteiger partial charge in [0.25, 0.3) is 0 Å². The van der Waals surface area contributed by atoms with Crippen LogP contribution in [0.25, 0.3) is 22.3 Å². The fourth-order valence-electron chi connectivity index (χ4n) is 4.12. The lowest BCUT2D eigenvalue weighted by molar-refractivity contribution is -0.175. The third kappa shape index (κ3) is 3.32. The monoisotopic (exact) mass is 445 g/mol. The Morgan fingerprint density at radius 3 is 2.24 bits per heavy atom. The van der Waals surface area contributed by atoms with Crippen LogP contribution in [0.1, 0.15) is 18.9 Å². The molecule has 1 aliphatic rings. The first kappa shape index (κ1) is 20.4. The molecule has 4 N–H and O–H groups in total. The SMILES string of the molecule is Nc1ncnc2c1c(-c1ccc(Oc3ccccc3)cc1)nn2C1CC(C(=O)O)(C(=O)O)C1. The van der Waals surface area contributed by atoms with Gasteiger partial charge >= 0.3 is 11.9 Å². The fourth-order valence-corrected chi connectivity index (χ4v) is 4.12. The largest absolute Gasteiger partial charge is 0.480 e. The molecule has 0 radical (unpaired) electrons. The Bertz CT molecular complexity index is 1350. The number of hydrogen-bond acceptors (Lipinski definition) is 7. The summed E-state index contributed by atoms with van der Waals surface area (Å²) in [5.41, 5.74) is 6.00. The molecule has 33 heavy (non-hydrogen) atoms. The smallest absolute Gasteiger partial charge is 0.321 e. The topological polar surface area (TPSA) is 153 Å². The minimum atomic E-state index is -1.82. The Morgan fingerprint density at radius 1 is 0.970 bits per heavy atom. The van der Waals surface area contributed by atoms with Gasteiger partial charge in [-0.15, -0.1) is 0 Å². The van der Waals surface area contributed by atoms with E-state index >= 15 is 0 Å². The van der Waals surface area contributed by atoms with Crippen LogP contribution >= 0.6 is 0 Å². The Hall–Kier alpha value is -4.47. The average Bonchev–Trinajstić information content (AvgIpc) is 3.15. The van der Waals surface area contributed by atoms with E-state index in [1.807, 2.05) is 42.5 Å². The summed E-state index contributed by atoms with van der Waals surface area (Å²) in [6.45, 7) is 0. The van der Waals surface area contributed by atoms with Crippen LogP contribution in [0.4, 0.5) is 5.82 Å². The third-order valence-corrected chi connectivity index (χ3v) is 5.96. The standard InChI is InChI=1S/C23H19N5O5/c24-19-17-18(13-6-8-16(9-7-13)33-15-4-2-1-3-5-15)27-28(20(17)26-12-25-19)14-10-23(11-14,21(29)30)22(31)32/h1-9,12,14H,10-11H2,(H,29,30)(H,31,32)(H2,24,25,26). The van der Waals surface area contributed by atoms with Crippen molar-refractivity contribution in [2.45, 2.75) is 18.9 Å². The molecule has 2 heterocycles. The molecule has 0 amide bonds. The highest BCUT2D eigenvalue weighted by Gasteiger charge is 2.58. The molecule has 4 aromatic rings. The molecule has 10 heteroatoms. The molecule has 0 aliphatic heterocycles. The minimum absolute atomic E-state index is 0.0956. The van der Waals surface area contributed by atoms with Crippen molar-refractivity contribution >= 4 is 28.8 Å². The summed E-state index contributed by atoms with van der Waals surface area (Å²) in [6.07, 6.45) is 1.11. The molecule has 1 aliphatic carbocycles. The summed E-state index contributed by atoms with van der Waals surface area (Å²) >= 11 is 0. The van der Waals surface area contributed by atoms with Crippen LogP contribution in [-0.2, 0) is 9.59 Å². The Balaban J connectivity index is 1.50. The first-order chi connectivity index (χ1) is 15.9. The summed E-state index contributed by atoms with van der Waals surface area (Å²) < 4.78 is 7.39. The number of para-hydroxylation sites is 1. The molecule has 166 valence electrons. The second kappa shape index (κ2) is 7.59. The lowest BCUT2D eigenvalue weighted by Gasteiger charge is -2.40. The van der Waals surface area contributed by atoms with Crippen molar-refractivity contribution in [2.24, 2.45) is 5.41 Å². The van der Waals surface area contributed by atoms with E-state index in [9.17, 15) is 19.8 Å². The van der Waals surface area contributed by atoms with Gasteiger partial charge in [0, 0.05) is 5.56 Å². The molecule has 1 fully saturated rings. The molecule has 0 atom stereocenters. The van der Waals surface area contributed by atoms with Gasteiger partial charge in [-0.2, -0.15) is 5.10 Å². The highest BCUT2D eigenvalue weighted by Crippen LogP contribution is 2.50. The first-order valence-electron chi connectivity index (χ1n) is 10.2. The number of ether oxygens (including phenoxy) is 1. The minimum Gasteiger partial charge on any atom is -0.480 e. The van der Waals surface area contributed by atoms with Crippen LogP contribution in [-0.4, -0.2) is 41.9 Å². The van der Waals surface area contributed by atoms with E-state index in [4.69, 9.17) is 10.5 Å². The van der Waals surface area contributed by atoms with Crippen LogP contribution in [0.15, 0.2) is 60.9 Å². The molecule has 10 nitrogen and oxygen atoms in total. The number of carboxylic acid groups (broad SMARTS) is 2. The molecular formula is C23H19N5O5. The molecule has 2 aromatic carbocycles. The quantitative estimate of drug-likeness (QED) is 0.379. The number of nitrogens with zero attached hydrogens (tertiary/aromatic N) is 4. The number of hydrogen-bond donors (Lipinski definition) is 3. The number of carboxylic acids is 2. The zero-order valence-corrected chi connectivity index (χ0v) is 17.3. The third-order valence-electron chi connectivity index (χ3n) is 5.96. The summed E-state index contributed by atoms with van der Waals surface area (Å²) in [4.78, 5) is 31.5. The predicted octanol–water partition coefficient (Wildman–Crippen LogP) is 3.36. The molecule has 0 saturated heterocycles. The van der Waals surface area contributed by atoms with Gasteiger partial charge < -0.3 is 20.7 Å². The van der Waals surface area contributed by atoms with Crippen molar-refractivity contribution < 1.29 is 24.5 Å². The van der Waals surface area contributed by atoms with Gasteiger partial charge in [-0.25, -0.2) is 14.6 Å². The lowest BCUT2D eigenvalue weighted by atomic mass is 9.65. The number of fused-ring (bicyclic) bond motifs is 1. The number of anilines is 1. The van der Waals surface area contributed by atoms with Gasteiger partial charge in [-0.05, 0) is 49.2 Å². The maximum absolute atomic E-state index is 11.6. The van der Waals surface area contributed by atoms with Crippen molar-refractivity contribution in [1.82, 2.24) is 19.7 Å². The van der Waals surface area contributed by atoms with Crippen molar-refractivity contribution in [2.75, 3.05) is 5.73 Å². The van der Waals surface area contributed by atoms with Crippen molar-refractivity contribution in [3.05, 3.63) is 60.9 Å². The molecule has 0 spiro atoms. The fraction of sp³-hybridized carbons (Fsp3) is 0.174. The number of rotatable bonds is 6. The van der Waals surface area contributed by atoms with Gasteiger partial charge in [0.15, 0.2) is 11.1 Å². The lowest BCUT2D eigenvalue weighted by Crippen LogP contribution is -2.50. The number of aliphatic carboxylic acids is 2. The highest BCUT2D eigenvalue weighted by atomic mass is 16.5. The zero-order valence-electron chi connectivity index (χ0n) is 17.3. The van der Waals surface area contributed by atoms with E-state index in [0.29, 0.717) is 28.2 Å². The molecule has 0 unspecified atom stereocenters. The summed E-state index contributed by atoms with van der Waals surface area (Å²) in [7, 11) is 0. The van der Waals surface area contributed by atoms with E-state index in [1.165, 1.54) is 6.33 Å². The molecule has 2 aromatic heterocycles. The maximum atomic E-state index is 11.6. The molecule has 1 saturated carbocycles. The van der Waals surface area contributed by atoms with Crippen LogP contribution in [0.2, 0.25) is 0 Å². The van der Waals surface area contributed by atoms with Crippen molar-refractivity contribution in [1.29, 1.82) is 0 Å². The van der Waals surface area contributed by atoms with E-state index in [0.717, 1.165) is 5.56 Å². The number of carbonyl (C=O) groups is 2. The second-order valence-electron chi connectivity index (χ2n) is 7.94. The van der Waals surface area contributed by atoms with Crippen LogP contribution < -0.4 is 10.5 Å². The molecule has 0 bridgehead atoms. The number of benzene rings is 2. The number of nitrogens with two attached hydrogens (primary N) is 1. The zero-order chi connectivity index (χ0) is 23.2. The molecular weight excluding hydrogens is 426 g/mol. The Kier molecular flexibility index (Phi) is 4.70. The number of nitrogen functional groups attached to an aromatic ring is 1. The normalized spacial score (nSPS) is 15.2. The van der Waals surface area contributed by atoms with Crippen molar-refractivity contribution in [3.63, 3.8) is 0 Å². The van der Waals surface area contributed by atoms with E-state index < -0.39 is 23.4 Å². The number of aromatic nitrogens is 4. The van der Waals surface area contributed by atoms with E-state index in [2.05, 4.69) is 15.1 Å². The summed E-state index contributed by atoms with van der Waals surface area (Å²) in [5, 5.41) is 24.0. The second-order valence-corrected chi connectivity index (χ2v) is 7.94.